The number of carbonyl (C=O) groups is 1. The molecule has 1 fully saturated rings. The first-order valence-electron chi connectivity index (χ1n) is 8.46. The van der Waals surface area contributed by atoms with Gasteiger partial charge in [0, 0.05) is 37.9 Å². The van der Waals surface area contributed by atoms with Crippen LogP contribution in [0.1, 0.15) is 50.9 Å². The van der Waals surface area contributed by atoms with Gasteiger partial charge in [0.05, 0.1) is 6.10 Å². The fraction of sp³-hybridized carbons (Fsp3) is 0.706. The quantitative estimate of drug-likeness (QED) is 0.843. The summed E-state index contributed by atoms with van der Waals surface area (Å²) in [5.74, 6) is -0.332. The number of nitrogens with zero attached hydrogens (tertiary/aromatic N) is 2. The number of hydrogen-bond acceptors (Lipinski definition) is 4. The van der Waals surface area contributed by atoms with Crippen LogP contribution < -0.4 is 11.2 Å². The first-order valence-corrected chi connectivity index (χ1v) is 8.46. The Hall–Kier alpha value is -1.89. The zero-order valence-corrected chi connectivity index (χ0v) is 15.1. The Labute approximate surface area is 141 Å². The van der Waals surface area contributed by atoms with Gasteiger partial charge in [-0.05, 0) is 19.8 Å². The van der Waals surface area contributed by atoms with Gasteiger partial charge in [-0.2, -0.15) is 0 Å². The molecule has 0 aromatic carbocycles. The van der Waals surface area contributed by atoms with E-state index in [1.54, 1.807) is 4.90 Å². The molecule has 7 nitrogen and oxygen atoms in total. The minimum Gasteiger partial charge on any atom is -0.378 e. The van der Waals surface area contributed by atoms with E-state index >= 15 is 0 Å². The molecule has 0 aliphatic heterocycles. The second-order valence-electron chi connectivity index (χ2n) is 6.89. The maximum Gasteiger partial charge on any atom is 0.328 e. The third kappa shape index (κ3) is 3.05. The molecule has 1 heterocycles. The second-order valence-corrected chi connectivity index (χ2v) is 6.89. The predicted octanol–water partition coefficient (Wildman–Crippen LogP) is 1.13. The van der Waals surface area contributed by atoms with Crippen molar-refractivity contribution >= 4 is 5.91 Å². The predicted molar refractivity (Wildman–Crippen MR) is 91.2 cm³/mol. The van der Waals surface area contributed by atoms with Crippen LogP contribution in [0.4, 0.5) is 0 Å². The number of ether oxygens (including phenoxy) is 1. The van der Waals surface area contributed by atoms with Gasteiger partial charge in [-0.25, -0.2) is 4.79 Å². The third-order valence-electron chi connectivity index (χ3n) is 5.01. The van der Waals surface area contributed by atoms with Crippen LogP contribution in [-0.4, -0.2) is 45.7 Å². The molecule has 7 heteroatoms. The van der Waals surface area contributed by atoms with Crippen molar-refractivity contribution in [3.63, 3.8) is 0 Å². The average molecular weight is 337 g/mol. The molecule has 1 aromatic heterocycles. The van der Waals surface area contributed by atoms with E-state index in [1.165, 1.54) is 13.2 Å². The zero-order chi connectivity index (χ0) is 18.1. The number of amides is 1. The molecule has 1 aliphatic rings. The summed E-state index contributed by atoms with van der Waals surface area (Å²) in [5.41, 5.74) is -1.27. The molecule has 24 heavy (non-hydrogen) atoms. The summed E-state index contributed by atoms with van der Waals surface area (Å²) in [6, 6.07) is 0.0122. The summed E-state index contributed by atoms with van der Waals surface area (Å²) in [7, 11) is 1.36. The molecule has 1 saturated carbocycles. The lowest BCUT2D eigenvalue weighted by molar-refractivity contribution is -0.140. The molecule has 1 aliphatic carbocycles. The molecule has 0 radical (unpaired) electrons. The van der Waals surface area contributed by atoms with Gasteiger partial charge >= 0.3 is 5.69 Å². The van der Waals surface area contributed by atoms with E-state index in [9.17, 15) is 14.4 Å². The minimum absolute atomic E-state index is 0.00112. The molecule has 0 bridgehead atoms. The Morgan fingerprint density at radius 3 is 2.62 bits per heavy atom. The van der Waals surface area contributed by atoms with Crippen molar-refractivity contribution in [2.24, 2.45) is 12.5 Å². The lowest BCUT2D eigenvalue weighted by atomic mass is 9.63. The van der Waals surface area contributed by atoms with E-state index in [1.807, 2.05) is 13.8 Å². The SMILES string of the molecule is CCCN(C(=O)c1c[nH]c(=O)n(C)c1=O)C1CC(OCC)C1(C)C. The van der Waals surface area contributed by atoms with Crippen LogP contribution in [-0.2, 0) is 11.8 Å². The van der Waals surface area contributed by atoms with Gasteiger partial charge in [0.25, 0.3) is 11.5 Å². The summed E-state index contributed by atoms with van der Waals surface area (Å²) >= 11 is 0. The normalized spacial score (nSPS) is 22.0. The van der Waals surface area contributed by atoms with Crippen molar-refractivity contribution in [3.8, 4) is 0 Å². The topological polar surface area (TPSA) is 84.4 Å². The van der Waals surface area contributed by atoms with Crippen molar-refractivity contribution in [1.29, 1.82) is 0 Å². The van der Waals surface area contributed by atoms with Crippen LogP contribution in [0.5, 0.6) is 0 Å². The molecule has 2 rings (SSSR count). The molecule has 1 N–H and O–H groups in total. The first kappa shape index (κ1) is 18.4. The molecule has 1 aromatic rings. The van der Waals surface area contributed by atoms with Crippen LogP contribution >= 0.6 is 0 Å². The lowest BCUT2D eigenvalue weighted by Crippen LogP contribution is -2.63. The van der Waals surface area contributed by atoms with Crippen molar-refractivity contribution in [3.05, 3.63) is 32.6 Å². The van der Waals surface area contributed by atoms with Gasteiger partial charge in [-0.15, -0.1) is 0 Å². The first-order chi connectivity index (χ1) is 11.3. The summed E-state index contributed by atoms with van der Waals surface area (Å²) in [6.45, 7) is 9.33. The summed E-state index contributed by atoms with van der Waals surface area (Å²) in [6.07, 6.45) is 2.89. The highest BCUT2D eigenvalue weighted by atomic mass is 16.5. The molecular formula is C17H27N3O4. The van der Waals surface area contributed by atoms with Gasteiger partial charge in [0.15, 0.2) is 0 Å². The van der Waals surface area contributed by atoms with E-state index in [4.69, 9.17) is 4.74 Å². The van der Waals surface area contributed by atoms with E-state index in [0.717, 1.165) is 17.4 Å². The summed E-state index contributed by atoms with van der Waals surface area (Å²) < 4.78 is 6.67. The van der Waals surface area contributed by atoms with Gasteiger partial charge < -0.3 is 14.6 Å². The van der Waals surface area contributed by atoms with Crippen molar-refractivity contribution in [1.82, 2.24) is 14.5 Å². The van der Waals surface area contributed by atoms with Crippen LogP contribution in [0.3, 0.4) is 0 Å². The Bertz CT molecular complexity index is 719. The number of nitrogens with one attached hydrogen (secondary N) is 1. The zero-order valence-electron chi connectivity index (χ0n) is 15.1. The van der Waals surface area contributed by atoms with Crippen LogP contribution in [0.2, 0.25) is 0 Å². The molecule has 2 atom stereocenters. The minimum atomic E-state index is -0.566. The number of aromatic nitrogens is 2. The average Bonchev–Trinajstić information content (AvgIpc) is 2.54. The number of rotatable bonds is 6. The Morgan fingerprint density at radius 1 is 1.42 bits per heavy atom. The van der Waals surface area contributed by atoms with Crippen molar-refractivity contribution in [2.75, 3.05) is 13.2 Å². The highest BCUT2D eigenvalue weighted by Crippen LogP contribution is 2.46. The number of hydrogen-bond donors (Lipinski definition) is 1. The summed E-state index contributed by atoms with van der Waals surface area (Å²) in [5, 5.41) is 0. The fourth-order valence-corrected chi connectivity index (χ4v) is 3.39. The number of carbonyl (C=O) groups excluding carboxylic acids is 1. The van der Waals surface area contributed by atoms with Crippen LogP contribution in [0.25, 0.3) is 0 Å². The number of H-pyrrole nitrogens is 1. The van der Waals surface area contributed by atoms with E-state index in [2.05, 4.69) is 18.8 Å². The number of aromatic amines is 1. The van der Waals surface area contributed by atoms with Gasteiger partial charge in [0.2, 0.25) is 0 Å². The molecule has 1 amide bonds. The Kier molecular flexibility index (Phi) is 5.32. The highest BCUT2D eigenvalue weighted by Gasteiger charge is 2.52. The Balaban J connectivity index is 2.32. The molecule has 2 unspecified atom stereocenters. The van der Waals surface area contributed by atoms with Gasteiger partial charge in [-0.1, -0.05) is 20.8 Å². The molecular weight excluding hydrogens is 310 g/mol. The van der Waals surface area contributed by atoms with Crippen LogP contribution in [0.15, 0.2) is 15.8 Å². The monoisotopic (exact) mass is 337 g/mol. The smallest absolute Gasteiger partial charge is 0.328 e. The van der Waals surface area contributed by atoms with Gasteiger partial charge in [-0.3, -0.25) is 14.2 Å². The molecule has 0 spiro atoms. The fourth-order valence-electron chi connectivity index (χ4n) is 3.39. The maximum absolute atomic E-state index is 13.0. The highest BCUT2D eigenvalue weighted by molar-refractivity contribution is 5.94. The van der Waals surface area contributed by atoms with E-state index in [0.29, 0.717) is 13.2 Å². The lowest BCUT2D eigenvalue weighted by Gasteiger charge is -2.55. The molecule has 0 saturated heterocycles. The van der Waals surface area contributed by atoms with E-state index < -0.39 is 11.2 Å². The van der Waals surface area contributed by atoms with Gasteiger partial charge in [0.1, 0.15) is 5.56 Å². The standard InChI is InChI=1S/C17H27N3O4/c1-6-8-20(12-9-13(24-7-2)17(12,3)4)15(22)11-10-18-16(23)19(5)14(11)21/h10,12-13H,6-9H2,1-5H3,(H,18,23). The van der Waals surface area contributed by atoms with E-state index in [-0.39, 0.29) is 29.0 Å². The molecule has 134 valence electrons. The summed E-state index contributed by atoms with van der Waals surface area (Å²) in [4.78, 5) is 40.9. The van der Waals surface area contributed by atoms with Crippen LogP contribution in [0, 0.1) is 5.41 Å². The second kappa shape index (κ2) is 6.93. The third-order valence-corrected chi connectivity index (χ3v) is 5.01. The van der Waals surface area contributed by atoms with Crippen molar-refractivity contribution < 1.29 is 9.53 Å². The van der Waals surface area contributed by atoms with Crippen molar-refractivity contribution in [2.45, 2.75) is 52.7 Å². The maximum atomic E-state index is 13.0. The largest absolute Gasteiger partial charge is 0.378 e. The Morgan fingerprint density at radius 2 is 2.08 bits per heavy atom.